The molecule has 0 bridgehead atoms. The van der Waals surface area contributed by atoms with Crippen LogP contribution < -0.4 is 28.4 Å². The number of ether oxygens (including phenoxy) is 6. The van der Waals surface area contributed by atoms with Crippen molar-refractivity contribution in [1.29, 1.82) is 0 Å². The van der Waals surface area contributed by atoms with Gasteiger partial charge >= 0.3 is 0 Å². The van der Waals surface area contributed by atoms with Crippen molar-refractivity contribution >= 4 is 11.6 Å². The van der Waals surface area contributed by atoms with E-state index in [0.717, 1.165) is 16.8 Å². The third kappa shape index (κ3) is 5.20. The van der Waals surface area contributed by atoms with E-state index >= 15 is 0 Å². The van der Waals surface area contributed by atoms with Crippen molar-refractivity contribution in [3.63, 3.8) is 0 Å². The quantitative estimate of drug-likeness (QED) is 0.190. The molecule has 0 aliphatic rings. The van der Waals surface area contributed by atoms with Gasteiger partial charge in [0.2, 0.25) is 11.5 Å². The normalized spacial score (nSPS) is 10.7. The Morgan fingerprint density at radius 3 is 1.62 bits per heavy atom. The van der Waals surface area contributed by atoms with Gasteiger partial charge in [0.1, 0.15) is 0 Å². The van der Waals surface area contributed by atoms with E-state index < -0.39 is 0 Å². The van der Waals surface area contributed by atoms with Gasteiger partial charge in [0.15, 0.2) is 34.6 Å². The van der Waals surface area contributed by atoms with Gasteiger partial charge in [0.05, 0.1) is 60.5 Å². The number of carbonyl (C=O) groups excluding carboxylic acids is 2. The number of aromatic nitrogens is 2. The van der Waals surface area contributed by atoms with Crippen molar-refractivity contribution in [3.8, 4) is 57.0 Å². The van der Waals surface area contributed by atoms with Crippen LogP contribution in [0.15, 0.2) is 48.5 Å². The molecule has 0 amide bonds. The molecular formula is C30H32N2O8. The number of hydrogen-bond donors (Lipinski definition) is 1. The summed E-state index contributed by atoms with van der Waals surface area (Å²) in [6.07, 6.45) is -0.304. The number of H-pyrrole nitrogens is 1. The Bertz CT molecular complexity index is 1500. The molecule has 0 atom stereocenters. The first-order chi connectivity index (χ1) is 19.3. The number of nitrogens with one attached hydrogen (secondary N) is 1. The van der Waals surface area contributed by atoms with Gasteiger partial charge in [-0.15, -0.1) is 0 Å². The van der Waals surface area contributed by atoms with Gasteiger partial charge in [-0.25, -0.2) is 0 Å². The number of nitrogens with zero attached hydrogens (tertiary/aromatic N) is 1. The van der Waals surface area contributed by atoms with Crippen LogP contribution in [0.2, 0.25) is 0 Å². The highest BCUT2D eigenvalue weighted by Gasteiger charge is 2.22. The molecule has 0 unspecified atom stereocenters. The fourth-order valence-corrected chi connectivity index (χ4v) is 4.60. The molecule has 2 aromatic carbocycles. The molecule has 4 aromatic rings. The smallest absolute Gasteiger partial charge is 0.203 e. The zero-order chi connectivity index (χ0) is 29.0. The van der Waals surface area contributed by atoms with Crippen molar-refractivity contribution in [2.24, 2.45) is 7.05 Å². The summed E-state index contributed by atoms with van der Waals surface area (Å²) in [6, 6.07) is 14.1. The summed E-state index contributed by atoms with van der Waals surface area (Å²) < 4.78 is 34.3. The third-order valence-corrected chi connectivity index (χ3v) is 6.65. The monoisotopic (exact) mass is 548 g/mol. The minimum Gasteiger partial charge on any atom is -0.493 e. The lowest BCUT2D eigenvalue weighted by molar-refractivity contribution is 0.0887. The Balaban J connectivity index is 1.56. The van der Waals surface area contributed by atoms with Crippen LogP contribution in [0.3, 0.4) is 0 Å². The van der Waals surface area contributed by atoms with Crippen LogP contribution >= 0.6 is 0 Å². The number of ketones is 2. The lowest BCUT2D eigenvalue weighted by atomic mass is 10.1. The lowest BCUT2D eigenvalue weighted by Gasteiger charge is -2.15. The Labute approximate surface area is 232 Å². The molecule has 2 heterocycles. The molecule has 0 saturated carbocycles. The predicted octanol–water partition coefficient (Wildman–Crippen LogP) is 5.19. The molecule has 0 radical (unpaired) electrons. The molecule has 0 aliphatic heterocycles. The number of hydrogen-bond acceptors (Lipinski definition) is 8. The number of aromatic amines is 1. The fraction of sp³-hybridized carbons (Fsp3) is 0.267. The first-order valence-corrected chi connectivity index (χ1v) is 12.3. The van der Waals surface area contributed by atoms with E-state index in [-0.39, 0.29) is 18.0 Å². The summed E-state index contributed by atoms with van der Waals surface area (Å²) in [5.74, 6) is 2.26. The Hall–Kier alpha value is -4.86. The largest absolute Gasteiger partial charge is 0.493 e. The zero-order valence-corrected chi connectivity index (χ0v) is 23.5. The first-order valence-electron chi connectivity index (χ1n) is 12.3. The molecule has 10 heteroatoms. The van der Waals surface area contributed by atoms with Gasteiger partial charge in [0.25, 0.3) is 0 Å². The second kappa shape index (κ2) is 11.9. The molecular weight excluding hydrogens is 516 g/mol. The zero-order valence-electron chi connectivity index (χ0n) is 23.5. The van der Waals surface area contributed by atoms with Gasteiger partial charge in [0, 0.05) is 29.6 Å². The molecule has 4 rings (SSSR count). The van der Waals surface area contributed by atoms with Crippen LogP contribution in [0.4, 0.5) is 0 Å². The maximum Gasteiger partial charge on any atom is 0.203 e. The van der Waals surface area contributed by atoms with Gasteiger partial charge < -0.3 is 38.0 Å². The van der Waals surface area contributed by atoms with Crippen molar-refractivity contribution in [2.45, 2.75) is 6.42 Å². The van der Waals surface area contributed by atoms with Crippen molar-refractivity contribution in [3.05, 3.63) is 59.9 Å². The molecule has 0 saturated heterocycles. The highest BCUT2D eigenvalue weighted by atomic mass is 16.5. The van der Waals surface area contributed by atoms with Crippen molar-refractivity contribution < 1.29 is 38.0 Å². The summed E-state index contributed by atoms with van der Waals surface area (Å²) >= 11 is 0. The van der Waals surface area contributed by atoms with E-state index in [4.69, 9.17) is 28.4 Å². The Morgan fingerprint density at radius 1 is 0.650 bits per heavy atom. The molecule has 210 valence electrons. The second-order valence-electron chi connectivity index (χ2n) is 8.80. The maximum atomic E-state index is 13.2. The first kappa shape index (κ1) is 28.2. The van der Waals surface area contributed by atoms with E-state index in [9.17, 15) is 9.59 Å². The van der Waals surface area contributed by atoms with Crippen molar-refractivity contribution in [2.75, 3.05) is 42.7 Å². The number of carbonyl (C=O) groups is 2. The van der Waals surface area contributed by atoms with Crippen molar-refractivity contribution in [1.82, 2.24) is 9.55 Å². The van der Waals surface area contributed by atoms with Crippen LogP contribution in [0.5, 0.6) is 34.5 Å². The standard InChI is InChI=1S/C30H32N2O8/c1-32-21(18-14-27(37-4)30(40-7)28(15-18)38-5)10-11-22(32)24(34)16-23(33)20-9-8-19(31-20)17-12-25(35-2)29(39-6)26(13-17)36-3/h8-15,31H,16H2,1-7H3. The number of benzene rings is 2. The average Bonchev–Trinajstić information content (AvgIpc) is 3.62. The highest BCUT2D eigenvalue weighted by Crippen LogP contribution is 2.42. The minimum absolute atomic E-state index is 0.304. The fourth-order valence-electron chi connectivity index (χ4n) is 4.60. The number of methoxy groups -OCH3 is 6. The van der Waals surface area contributed by atoms with Gasteiger partial charge in [-0.05, 0) is 48.5 Å². The summed E-state index contributed by atoms with van der Waals surface area (Å²) in [4.78, 5) is 29.4. The topological polar surface area (TPSA) is 110 Å². The van der Waals surface area contributed by atoms with Crippen LogP contribution in [0.1, 0.15) is 27.4 Å². The molecule has 0 fully saturated rings. The number of Topliss-reactive ketones (excluding diaryl/α,β-unsaturated/α-hetero) is 2. The average molecular weight is 549 g/mol. The maximum absolute atomic E-state index is 13.2. The molecule has 40 heavy (non-hydrogen) atoms. The second-order valence-corrected chi connectivity index (χ2v) is 8.80. The molecule has 10 nitrogen and oxygen atoms in total. The Kier molecular flexibility index (Phi) is 8.37. The Morgan fingerprint density at radius 2 is 1.15 bits per heavy atom. The third-order valence-electron chi connectivity index (χ3n) is 6.65. The molecule has 0 aliphatic carbocycles. The lowest BCUT2D eigenvalue weighted by Crippen LogP contribution is -2.12. The summed E-state index contributed by atoms with van der Waals surface area (Å²) in [5.41, 5.74) is 3.63. The van der Waals surface area contributed by atoms with E-state index in [2.05, 4.69) is 4.98 Å². The van der Waals surface area contributed by atoms with Crippen LogP contribution in [-0.2, 0) is 7.05 Å². The minimum atomic E-state index is -0.334. The van der Waals surface area contributed by atoms with Gasteiger partial charge in [-0.3, -0.25) is 9.59 Å². The van der Waals surface area contributed by atoms with Gasteiger partial charge in [-0.2, -0.15) is 0 Å². The van der Waals surface area contributed by atoms with E-state index in [1.54, 1.807) is 68.3 Å². The molecule has 2 aromatic heterocycles. The van der Waals surface area contributed by atoms with Crippen LogP contribution in [0.25, 0.3) is 22.5 Å². The van der Waals surface area contributed by atoms with Crippen LogP contribution in [0, 0.1) is 0 Å². The van der Waals surface area contributed by atoms with E-state index in [1.807, 2.05) is 6.07 Å². The molecule has 0 spiro atoms. The van der Waals surface area contributed by atoms with E-state index in [0.29, 0.717) is 51.6 Å². The van der Waals surface area contributed by atoms with Gasteiger partial charge in [-0.1, -0.05) is 0 Å². The highest BCUT2D eigenvalue weighted by molar-refractivity contribution is 6.12. The number of rotatable bonds is 12. The summed E-state index contributed by atoms with van der Waals surface area (Å²) in [5, 5.41) is 0. The summed E-state index contributed by atoms with van der Waals surface area (Å²) in [7, 11) is 11.0. The molecule has 1 N–H and O–H groups in total. The SMILES string of the molecule is COc1cc(-c2ccc(C(=O)CC(=O)c3ccc(-c4cc(OC)c(OC)c(OC)c4)n3C)[nH]2)cc(OC)c1OC. The van der Waals surface area contributed by atoms with Crippen LogP contribution in [-0.4, -0.2) is 63.8 Å². The summed E-state index contributed by atoms with van der Waals surface area (Å²) in [6.45, 7) is 0. The van der Waals surface area contributed by atoms with E-state index in [1.165, 1.54) is 28.4 Å². The predicted molar refractivity (Wildman–Crippen MR) is 150 cm³/mol.